The molecule has 0 aliphatic carbocycles. The first-order chi connectivity index (χ1) is 13.4. The predicted molar refractivity (Wildman–Crippen MR) is 112 cm³/mol. The van der Waals surface area contributed by atoms with E-state index in [4.69, 9.17) is 16.3 Å². The first-order valence-electron chi connectivity index (χ1n) is 9.32. The monoisotopic (exact) mass is 424 g/mol. The van der Waals surface area contributed by atoms with Gasteiger partial charge in [0.1, 0.15) is 24.0 Å². The highest BCUT2D eigenvalue weighted by Gasteiger charge is 2.29. The Morgan fingerprint density at radius 1 is 1.11 bits per heavy atom. The number of halogens is 1. The minimum Gasteiger partial charge on any atom is -0.378 e. The molecule has 0 spiro atoms. The average molecular weight is 425 g/mol. The zero-order chi connectivity index (χ0) is 20.1. The van der Waals surface area contributed by atoms with Crippen LogP contribution in [-0.2, 0) is 14.8 Å². The van der Waals surface area contributed by atoms with E-state index in [-0.39, 0.29) is 16.0 Å². The molecular formula is C20H27ClN3O3S+. The number of nitrogens with zero attached hydrogens (tertiary/aromatic N) is 1. The fraction of sp³-hybridized carbons (Fsp3) is 0.400. The number of sulfonamides is 1. The third-order valence-electron chi connectivity index (χ3n) is 5.04. The van der Waals surface area contributed by atoms with Gasteiger partial charge in [0, 0.05) is 25.3 Å². The molecule has 8 heteroatoms. The number of quaternary nitrogens is 1. The lowest BCUT2D eigenvalue weighted by molar-refractivity contribution is -0.937. The van der Waals surface area contributed by atoms with Gasteiger partial charge >= 0.3 is 0 Å². The van der Waals surface area contributed by atoms with Crippen molar-refractivity contribution < 1.29 is 18.1 Å². The Labute approximate surface area is 172 Å². The van der Waals surface area contributed by atoms with Crippen molar-refractivity contribution in [2.24, 2.45) is 0 Å². The van der Waals surface area contributed by atoms with Gasteiger partial charge in [0.2, 0.25) is 10.0 Å². The molecule has 0 radical (unpaired) electrons. The Balaban J connectivity index is 1.82. The Kier molecular flexibility index (Phi) is 6.95. The number of ether oxygens (including phenoxy) is 1. The number of anilines is 1. The van der Waals surface area contributed by atoms with Crippen LogP contribution in [0.3, 0.4) is 0 Å². The summed E-state index contributed by atoms with van der Waals surface area (Å²) in [5.74, 6) is 0. The van der Waals surface area contributed by atoms with Gasteiger partial charge in [-0.2, -0.15) is 0 Å². The molecule has 0 amide bonds. The summed E-state index contributed by atoms with van der Waals surface area (Å²) in [5.41, 5.74) is 2.21. The summed E-state index contributed by atoms with van der Waals surface area (Å²) >= 11 is 6.09. The molecule has 0 aromatic heterocycles. The minimum absolute atomic E-state index is 0.00243. The molecule has 1 aliphatic heterocycles. The molecular weight excluding hydrogens is 398 g/mol. The van der Waals surface area contributed by atoms with Gasteiger partial charge < -0.3 is 14.5 Å². The summed E-state index contributed by atoms with van der Waals surface area (Å²) < 4.78 is 33.8. The van der Waals surface area contributed by atoms with Gasteiger partial charge in [-0.15, -0.1) is 0 Å². The topological polar surface area (TPSA) is 63.1 Å². The molecule has 2 N–H and O–H groups in total. The van der Waals surface area contributed by atoms with E-state index in [9.17, 15) is 8.42 Å². The lowest BCUT2D eigenvalue weighted by Gasteiger charge is -2.32. The van der Waals surface area contributed by atoms with Gasteiger partial charge in [-0.05, 0) is 24.3 Å². The van der Waals surface area contributed by atoms with Gasteiger partial charge in [-0.1, -0.05) is 35.9 Å². The van der Waals surface area contributed by atoms with Crippen LogP contribution in [0.4, 0.5) is 5.69 Å². The van der Waals surface area contributed by atoms with Crippen molar-refractivity contribution in [3.8, 4) is 0 Å². The van der Waals surface area contributed by atoms with Crippen LogP contribution in [-0.4, -0.2) is 55.4 Å². The second-order valence-corrected chi connectivity index (χ2v) is 9.23. The summed E-state index contributed by atoms with van der Waals surface area (Å²) in [4.78, 5) is 3.46. The standard InChI is InChI=1S/C20H26ClN3O3S/c1-23(2)17-9-7-16(8-10-17)19(24-11-13-27-14-12-24)15-22-28(25,26)20-6-4-3-5-18(20)21/h3-10,19,22H,11-15H2,1-2H3/p+1/t19-/m0/s1. The Morgan fingerprint density at radius 3 is 2.36 bits per heavy atom. The average Bonchev–Trinajstić information content (AvgIpc) is 2.69. The van der Waals surface area contributed by atoms with Gasteiger partial charge in [0.05, 0.1) is 24.8 Å². The van der Waals surface area contributed by atoms with Crippen LogP contribution in [0.15, 0.2) is 53.4 Å². The van der Waals surface area contributed by atoms with Crippen molar-refractivity contribution in [1.82, 2.24) is 4.72 Å². The van der Waals surface area contributed by atoms with Crippen LogP contribution < -0.4 is 14.5 Å². The molecule has 1 aliphatic rings. The smallest absolute Gasteiger partial charge is 0.242 e. The predicted octanol–water partition coefficient (Wildman–Crippen LogP) is 1.34. The molecule has 1 saturated heterocycles. The number of hydrogen-bond acceptors (Lipinski definition) is 4. The van der Waals surface area contributed by atoms with E-state index in [0.29, 0.717) is 19.8 Å². The van der Waals surface area contributed by atoms with Crippen LogP contribution in [0.2, 0.25) is 5.02 Å². The Hall–Kier alpha value is -1.64. The highest BCUT2D eigenvalue weighted by Crippen LogP contribution is 2.21. The minimum atomic E-state index is -3.69. The molecule has 1 atom stereocenters. The summed E-state index contributed by atoms with van der Waals surface area (Å²) in [5, 5.41) is 0.223. The van der Waals surface area contributed by atoms with Crippen molar-refractivity contribution >= 4 is 27.3 Å². The maximum Gasteiger partial charge on any atom is 0.242 e. The first-order valence-corrected chi connectivity index (χ1v) is 11.2. The van der Waals surface area contributed by atoms with Crippen LogP contribution in [0.25, 0.3) is 0 Å². The normalized spacial score (nSPS) is 16.7. The second kappa shape index (κ2) is 9.24. The summed E-state index contributed by atoms with van der Waals surface area (Å²) in [6.07, 6.45) is 0. The van der Waals surface area contributed by atoms with Gasteiger partial charge in [0.15, 0.2) is 0 Å². The van der Waals surface area contributed by atoms with E-state index >= 15 is 0 Å². The SMILES string of the molecule is CN(C)c1ccc([C@H](CNS(=O)(=O)c2ccccc2Cl)[NH+]2CCOCC2)cc1. The van der Waals surface area contributed by atoms with E-state index in [0.717, 1.165) is 24.3 Å². The fourth-order valence-corrected chi connectivity index (χ4v) is 4.98. The van der Waals surface area contributed by atoms with E-state index in [1.807, 2.05) is 19.0 Å². The van der Waals surface area contributed by atoms with Crippen molar-refractivity contribution in [2.75, 3.05) is 51.8 Å². The summed E-state index contributed by atoms with van der Waals surface area (Å²) in [6.45, 7) is 3.34. The summed E-state index contributed by atoms with van der Waals surface area (Å²) in [6, 6.07) is 14.8. The van der Waals surface area contributed by atoms with Crippen LogP contribution in [0, 0.1) is 0 Å². The molecule has 28 heavy (non-hydrogen) atoms. The highest BCUT2D eigenvalue weighted by atomic mass is 35.5. The van der Waals surface area contributed by atoms with E-state index in [1.54, 1.807) is 18.2 Å². The first kappa shape index (κ1) is 21.1. The van der Waals surface area contributed by atoms with Crippen molar-refractivity contribution in [1.29, 1.82) is 0 Å². The van der Waals surface area contributed by atoms with Crippen molar-refractivity contribution in [2.45, 2.75) is 10.9 Å². The van der Waals surface area contributed by atoms with E-state index < -0.39 is 10.0 Å². The number of hydrogen-bond donors (Lipinski definition) is 2. The molecule has 0 bridgehead atoms. The van der Waals surface area contributed by atoms with Gasteiger partial charge in [-0.25, -0.2) is 13.1 Å². The lowest BCUT2D eigenvalue weighted by atomic mass is 10.0. The molecule has 2 aromatic carbocycles. The van der Waals surface area contributed by atoms with Crippen LogP contribution in [0.1, 0.15) is 11.6 Å². The van der Waals surface area contributed by atoms with Crippen molar-refractivity contribution in [3.05, 3.63) is 59.1 Å². The number of benzene rings is 2. The van der Waals surface area contributed by atoms with E-state index in [1.165, 1.54) is 11.0 Å². The van der Waals surface area contributed by atoms with Crippen LogP contribution >= 0.6 is 11.6 Å². The highest BCUT2D eigenvalue weighted by molar-refractivity contribution is 7.89. The maximum absolute atomic E-state index is 12.8. The van der Waals surface area contributed by atoms with Gasteiger partial charge in [0.25, 0.3) is 0 Å². The summed E-state index contributed by atoms with van der Waals surface area (Å²) in [7, 11) is 0.306. The third-order valence-corrected chi connectivity index (χ3v) is 6.97. The number of rotatable bonds is 7. The molecule has 2 aromatic rings. The van der Waals surface area contributed by atoms with Crippen molar-refractivity contribution in [3.63, 3.8) is 0 Å². The maximum atomic E-state index is 12.8. The van der Waals surface area contributed by atoms with Gasteiger partial charge in [-0.3, -0.25) is 0 Å². The molecule has 1 heterocycles. The molecule has 0 unspecified atom stereocenters. The van der Waals surface area contributed by atoms with E-state index in [2.05, 4.69) is 29.0 Å². The van der Waals surface area contributed by atoms with Crippen LogP contribution in [0.5, 0.6) is 0 Å². The number of nitrogens with one attached hydrogen (secondary N) is 2. The molecule has 152 valence electrons. The zero-order valence-corrected chi connectivity index (χ0v) is 17.8. The zero-order valence-electron chi connectivity index (χ0n) is 16.2. The quantitative estimate of drug-likeness (QED) is 0.704. The lowest BCUT2D eigenvalue weighted by Crippen LogP contribution is -3.15. The molecule has 0 saturated carbocycles. The molecule has 3 rings (SSSR count). The molecule has 1 fully saturated rings. The largest absolute Gasteiger partial charge is 0.378 e. The Bertz CT molecular complexity index is 882. The third kappa shape index (κ3) is 5.04. The molecule has 6 nitrogen and oxygen atoms in total. The number of morpholine rings is 1. The fourth-order valence-electron chi connectivity index (χ4n) is 3.42. The second-order valence-electron chi connectivity index (χ2n) is 7.09. The Morgan fingerprint density at radius 2 is 1.75 bits per heavy atom.